The first-order chi connectivity index (χ1) is 13.9. The van der Waals surface area contributed by atoms with Crippen molar-refractivity contribution in [3.63, 3.8) is 0 Å². The maximum absolute atomic E-state index is 13.2. The monoisotopic (exact) mass is 421 g/mol. The van der Waals surface area contributed by atoms with Crippen LogP contribution in [0.1, 0.15) is 28.9 Å². The number of nitrogens with zero attached hydrogens (tertiary/aromatic N) is 2. The average Bonchev–Trinajstić information content (AvgIpc) is 3.46. The van der Waals surface area contributed by atoms with Gasteiger partial charge in [0.05, 0.1) is 22.4 Å². The number of nitrogens with one attached hydrogen (secondary N) is 1. The zero-order chi connectivity index (χ0) is 20.4. The number of hydrogen-bond acceptors (Lipinski definition) is 4. The van der Waals surface area contributed by atoms with Crippen LogP contribution in [0.15, 0.2) is 47.8 Å². The van der Waals surface area contributed by atoms with E-state index in [1.807, 2.05) is 0 Å². The summed E-state index contributed by atoms with van der Waals surface area (Å²) in [4.78, 5) is 13.0. The normalized spacial score (nSPS) is 16.9. The van der Waals surface area contributed by atoms with Crippen LogP contribution >= 0.6 is 11.3 Å². The molecule has 0 bridgehead atoms. The molecule has 0 radical (unpaired) electrons. The molecule has 152 valence electrons. The van der Waals surface area contributed by atoms with E-state index in [1.165, 1.54) is 16.0 Å². The van der Waals surface area contributed by atoms with Crippen LogP contribution < -0.4 is 5.32 Å². The van der Waals surface area contributed by atoms with Gasteiger partial charge in [-0.15, -0.1) is 11.3 Å². The molecule has 29 heavy (non-hydrogen) atoms. The van der Waals surface area contributed by atoms with Gasteiger partial charge >= 0.3 is 6.18 Å². The van der Waals surface area contributed by atoms with Crippen LogP contribution in [0.5, 0.6) is 0 Å². The molecular weight excluding hydrogens is 403 g/mol. The van der Waals surface area contributed by atoms with Crippen LogP contribution in [0.2, 0.25) is 0 Å². The maximum Gasteiger partial charge on any atom is 0.435 e. The molecular formula is C20H18F3N3O2S. The van der Waals surface area contributed by atoms with E-state index in [0.29, 0.717) is 35.0 Å². The third-order valence-corrected chi connectivity index (χ3v) is 5.55. The van der Waals surface area contributed by atoms with Crippen molar-refractivity contribution in [1.82, 2.24) is 15.1 Å². The van der Waals surface area contributed by atoms with Gasteiger partial charge in [0, 0.05) is 18.7 Å². The lowest BCUT2D eigenvalue weighted by molar-refractivity contribution is -0.141. The topological polar surface area (TPSA) is 56.1 Å². The third kappa shape index (κ3) is 4.35. The lowest BCUT2D eigenvalue weighted by atomic mass is 10.2. The van der Waals surface area contributed by atoms with Crippen molar-refractivity contribution in [3.05, 3.63) is 59.1 Å². The van der Waals surface area contributed by atoms with Gasteiger partial charge in [-0.3, -0.25) is 4.79 Å². The fourth-order valence-corrected chi connectivity index (χ4v) is 3.91. The molecule has 0 aliphatic carbocycles. The zero-order valence-corrected chi connectivity index (χ0v) is 16.1. The number of halogens is 3. The summed E-state index contributed by atoms with van der Waals surface area (Å²) >= 11 is 1.33. The highest BCUT2D eigenvalue weighted by atomic mass is 32.1. The van der Waals surface area contributed by atoms with Gasteiger partial charge < -0.3 is 10.1 Å². The predicted molar refractivity (Wildman–Crippen MR) is 103 cm³/mol. The molecule has 4 rings (SSSR count). The van der Waals surface area contributed by atoms with Crippen LogP contribution in [0.25, 0.3) is 16.3 Å². The van der Waals surface area contributed by atoms with Gasteiger partial charge in [0.25, 0.3) is 5.91 Å². The Kier molecular flexibility index (Phi) is 5.42. The molecule has 3 aromatic rings. The fourth-order valence-electron chi connectivity index (χ4n) is 3.18. The minimum absolute atomic E-state index is 0.0384. The van der Waals surface area contributed by atoms with Gasteiger partial charge in [0.15, 0.2) is 5.69 Å². The largest absolute Gasteiger partial charge is 0.435 e. The van der Waals surface area contributed by atoms with Crippen LogP contribution in [0, 0.1) is 0 Å². The highest BCUT2D eigenvalue weighted by Crippen LogP contribution is 2.34. The summed E-state index contributed by atoms with van der Waals surface area (Å²) in [7, 11) is 0. The second-order valence-electron chi connectivity index (χ2n) is 6.69. The average molecular weight is 421 g/mol. The SMILES string of the molecule is O=C(NC[C@H]1CCCO1)c1ccc(-n2nc(C(F)(F)F)cc2-c2cccs2)cc1. The molecule has 1 fully saturated rings. The molecule has 0 saturated carbocycles. The van der Waals surface area contributed by atoms with E-state index in [1.54, 1.807) is 41.8 Å². The molecule has 1 aromatic carbocycles. The molecule has 9 heteroatoms. The number of rotatable bonds is 5. The van der Waals surface area contributed by atoms with Crippen LogP contribution in [-0.2, 0) is 10.9 Å². The molecule has 0 unspecified atom stereocenters. The highest BCUT2D eigenvalue weighted by molar-refractivity contribution is 7.13. The van der Waals surface area contributed by atoms with E-state index in [-0.39, 0.29) is 12.0 Å². The van der Waals surface area contributed by atoms with Gasteiger partial charge in [0.2, 0.25) is 0 Å². The van der Waals surface area contributed by atoms with E-state index in [4.69, 9.17) is 4.74 Å². The molecule has 1 saturated heterocycles. The number of thiophene rings is 1. The Hall–Kier alpha value is -2.65. The molecule has 1 atom stereocenters. The second-order valence-corrected chi connectivity index (χ2v) is 7.64. The van der Waals surface area contributed by atoms with Crippen molar-refractivity contribution < 1.29 is 22.7 Å². The van der Waals surface area contributed by atoms with Gasteiger partial charge in [-0.2, -0.15) is 18.3 Å². The van der Waals surface area contributed by atoms with Gasteiger partial charge in [-0.05, 0) is 54.6 Å². The predicted octanol–water partition coefficient (Wildman–Crippen LogP) is 4.53. The molecule has 1 amide bonds. The molecule has 2 aromatic heterocycles. The standard InChI is InChI=1S/C20H18F3N3O2S/c21-20(22,23)18-11-16(17-4-2-10-29-17)26(25-18)14-7-5-13(6-8-14)19(27)24-12-15-3-1-9-28-15/h2,4-8,10-11,15H,1,3,9,12H2,(H,24,27)/t15-/m1/s1. The quantitative estimate of drug-likeness (QED) is 0.659. The second kappa shape index (κ2) is 8.00. The lowest BCUT2D eigenvalue weighted by Crippen LogP contribution is -2.31. The Morgan fingerprint density at radius 2 is 2.07 bits per heavy atom. The Morgan fingerprint density at radius 1 is 1.28 bits per heavy atom. The molecule has 1 N–H and O–H groups in total. The van der Waals surface area contributed by atoms with E-state index < -0.39 is 11.9 Å². The summed E-state index contributed by atoms with van der Waals surface area (Å²) in [6.45, 7) is 1.16. The summed E-state index contributed by atoms with van der Waals surface area (Å²) < 4.78 is 46.3. The van der Waals surface area contributed by atoms with Crippen LogP contribution in [-0.4, -0.2) is 34.9 Å². The van der Waals surface area contributed by atoms with Crippen molar-refractivity contribution in [3.8, 4) is 16.3 Å². The Bertz CT molecular complexity index is 976. The minimum atomic E-state index is -4.54. The van der Waals surface area contributed by atoms with Crippen molar-refractivity contribution >= 4 is 17.2 Å². The first-order valence-corrected chi connectivity index (χ1v) is 10.0. The number of hydrogen-bond donors (Lipinski definition) is 1. The lowest BCUT2D eigenvalue weighted by Gasteiger charge is -2.11. The molecule has 0 spiro atoms. The first kappa shape index (κ1) is 19.7. The van der Waals surface area contributed by atoms with Crippen molar-refractivity contribution in [2.75, 3.05) is 13.2 Å². The Labute approximate surface area is 169 Å². The summed E-state index contributed by atoms with van der Waals surface area (Å²) in [5.74, 6) is -0.248. The summed E-state index contributed by atoms with van der Waals surface area (Å²) in [6, 6.07) is 10.9. The summed E-state index contributed by atoms with van der Waals surface area (Å²) in [6.07, 6.45) is -2.59. The molecule has 1 aliphatic heterocycles. The van der Waals surface area contributed by atoms with E-state index in [2.05, 4.69) is 10.4 Å². The van der Waals surface area contributed by atoms with Crippen molar-refractivity contribution in [1.29, 1.82) is 0 Å². The van der Waals surface area contributed by atoms with Gasteiger partial charge in [-0.25, -0.2) is 4.68 Å². The number of benzene rings is 1. The number of ether oxygens (including phenoxy) is 1. The number of amides is 1. The molecule has 1 aliphatic rings. The van der Waals surface area contributed by atoms with Crippen LogP contribution in [0.3, 0.4) is 0 Å². The maximum atomic E-state index is 13.2. The number of alkyl halides is 3. The van der Waals surface area contributed by atoms with Crippen LogP contribution in [0.4, 0.5) is 13.2 Å². The highest BCUT2D eigenvalue weighted by Gasteiger charge is 2.35. The first-order valence-electron chi connectivity index (χ1n) is 9.13. The zero-order valence-electron chi connectivity index (χ0n) is 15.3. The summed E-state index contributed by atoms with van der Waals surface area (Å²) in [5.41, 5.74) is 0.259. The van der Waals surface area contributed by atoms with Gasteiger partial charge in [0.1, 0.15) is 0 Å². The molecule has 3 heterocycles. The minimum Gasteiger partial charge on any atom is -0.376 e. The number of carbonyl (C=O) groups excluding carboxylic acids is 1. The Balaban J connectivity index is 1.57. The Morgan fingerprint density at radius 3 is 2.69 bits per heavy atom. The third-order valence-electron chi connectivity index (χ3n) is 4.66. The molecule has 5 nitrogen and oxygen atoms in total. The summed E-state index contributed by atoms with van der Waals surface area (Å²) in [5, 5.41) is 8.37. The smallest absolute Gasteiger partial charge is 0.376 e. The number of aromatic nitrogens is 2. The van der Waals surface area contributed by atoms with E-state index in [9.17, 15) is 18.0 Å². The van der Waals surface area contributed by atoms with E-state index >= 15 is 0 Å². The fraction of sp³-hybridized carbons (Fsp3) is 0.300. The van der Waals surface area contributed by atoms with E-state index in [0.717, 1.165) is 18.9 Å². The van der Waals surface area contributed by atoms with Crippen molar-refractivity contribution in [2.45, 2.75) is 25.1 Å². The van der Waals surface area contributed by atoms with Gasteiger partial charge in [-0.1, -0.05) is 6.07 Å². The number of carbonyl (C=O) groups is 1. The van der Waals surface area contributed by atoms with Crippen molar-refractivity contribution in [2.24, 2.45) is 0 Å².